The van der Waals surface area contributed by atoms with Crippen LogP contribution in [0, 0.1) is 23.0 Å². The summed E-state index contributed by atoms with van der Waals surface area (Å²) in [6.07, 6.45) is 0.198. The number of oxazole rings is 1. The number of aromatic nitrogens is 1. The molecule has 11 nitrogen and oxygen atoms in total. The van der Waals surface area contributed by atoms with Gasteiger partial charge in [0, 0.05) is 32.9 Å². The van der Waals surface area contributed by atoms with Gasteiger partial charge in [-0.15, -0.1) is 0 Å². The van der Waals surface area contributed by atoms with Gasteiger partial charge in [-0.1, -0.05) is 91.0 Å². The highest BCUT2D eigenvalue weighted by molar-refractivity contribution is 7.96. The summed E-state index contributed by atoms with van der Waals surface area (Å²) in [5, 5.41) is 12.6. The van der Waals surface area contributed by atoms with E-state index in [9.17, 15) is 24.5 Å². The number of thiol groups is 1. The molecular formula is C37H32N3O8PS. The van der Waals surface area contributed by atoms with Crippen LogP contribution in [0.25, 0.3) is 0 Å². The number of rotatable bonds is 11. The summed E-state index contributed by atoms with van der Waals surface area (Å²) >= 11 is 4.91. The topological polar surface area (TPSA) is 142 Å². The number of nitrogens with zero attached hydrogens (tertiary/aromatic N) is 3. The minimum Gasteiger partial charge on any atom is -0.456 e. The summed E-state index contributed by atoms with van der Waals surface area (Å²) in [7, 11) is 0. The Kier molecular flexibility index (Phi) is 10.0. The number of likely N-dealkylation sites (tertiary alicyclic amines) is 1. The molecule has 5 aromatic rings. The van der Waals surface area contributed by atoms with E-state index in [-0.39, 0.29) is 23.4 Å². The standard InChI is InChI=1S/C37H32N3O8PS/c1-24-38-31(23-46-24)33(48-25(2)41)32-34(42)39(36(32)50)35(37(43)47-22-26-18-20-27(21-19-26)40(44)45)49(28-12-6-3-7-13-28,29-14-8-4-9-15-29)30-16-10-5-11-17-30/h3-21,23,32-33,36,50H,22H2,1-2H3. The Morgan fingerprint density at radius 2 is 1.44 bits per heavy atom. The lowest BCUT2D eigenvalue weighted by atomic mass is 9.90. The van der Waals surface area contributed by atoms with Crippen molar-refractivity contribution in [2.45, 2.75) is 31.9 Å². The number of benzene rings is 4. The van der Waals surface area contributed by atoms with Crippen molar-refractivity contribution in [2.24, 2.45) is 5.92 Å². The number of hydrogen-bond acceptors (Lipinski definition) is 10. The summed E-state index contributed by atoms with van der Waals surface area (Å²) in [6.45, 7) is -0.603. The van der Waals surface area contributed by atoms with Crippen LogP contribution in [0.3, 0.4) is 0 Å². The maximum absolute atomic E-state index is 14.8. The van der Waals surface area contributed by atoms with Crippen molar-refractivity contribution in [1.29, 1.82) is 0 Å². The Morgan fingerprint density at radius 3 is 1.86 bits per heavy atom. The number of hydrogen-bond donors (Lipinski definition) is 1. The third-order valence-electron chi connectivity index (χ3n) is 8.33. The highest BCUT2D eigenvalue weighted by Crippen LogP contribution is 2.51. The molecule has 50 heavy (non-hydrogen) atoms. The maximum Gasteiger partial charge on any atom is 0.356 e. The molecule has 3 unspecified atom stereocenters. The number of carbonyl (C=O) groups is 3. The van der Waals surface area contributed by atoms with Crippen LogP contribution in [0.15, 0.2) is 126 Å². The van der Waals surface area contributed by atoms with E-state index in [1.165, 1.54) is 42.4 Å². The molecule has 254 valence electrons. The van der Waals surface area contributed by atoms with Gasteiger partial charge in [0.25, 0.3) is 5.69 Å². The number of aryl methyl sites for hydroxylation is 1. The molecule has 0 bridgehead atoms. The second kappa shape index (κ2) is 14.6. The predicted octanol–water partition coefficient (Wildman–Crippen LogP) is 5.08. The average molecular weight is 710 g/mol. The molecule has 4 aromatic carbocycles. The molecule has 1 aliphatic heterocycles. The Hall–Kier alpha value is -5.45. The van der Waals surface area contributed by atoms with E-state index < -0.39 is 47.1 Å². The molecule has 3 atom stereocenters. The summed E-state index contributed by atoms with van der Waals surface area (Å²) in [5.74, 6) is -2.63. The summed E-state index contributed by atoms with van der Waals surface area (Å²) < 4.78 is 17.0. The monoisotopic (exact) mass is 709 g/mol. The smallest absolute Gasteiger partial charge is 0.356 e. The first-order chi connectivity index (χ1) is 24.1. The number of ether oxygens (including phenoxy) is 2. The normalized spacial score (nSPS) is 16.2. The van der Waals surface area contributed by atoms with Crippen LogP contribution in [0.2, 0.25) is 0 Å². The van der Waals surface area contributed by atoms with Crippen molar-refractivity contribution >= 4 is 64.4 Å². The molecule has 1 aromatic heterocycles. The molecule has 0 saturated carbocycles. The second-order valence-corrected chi connectivity index (χ2v) is 15.3. The lowest BCUT2D eigenvalue weighted by Gasteiger charge is -2.49. The lowest BCUT2D eigenvalue weighted by molar-refractivity contribution is -0.384. The fourth-order valence-electron chi connectivity index (χ4n) is 6.11. The Morgan fingerprint density at radius 1 is 0.920 bits per heavy atom. The van der Waals surface area contributed by atoms with Crippen LogP contribution in [-0.4, -0.2) is 43.4 Å². The predicted molar refractivity (Wildman–Crippen MR) is 192 cm³/mol. The maximum atomic E-state index is 14.8. The molecule has 2 heterocycles. The van der Waals surface area contributed by atoms with Crippen LogP contribution in [-0.2, 0) is 30.5 Å². The van der Waals surface area contributed by atoms with Gasteiger partial charge in [0.15, 0.2) is 12.0 Å². The minimum absolute atomic E-state index is 0.0715. The molecule has 6 rings (SSSR count). The molecule has 13 heteroatoms. The van der Waals surface area contributed by atoms with E-state index in [0.29, 0.717) is 11.5 Å². The number of esters is 2. The van der Waals surface area contributed by atoms with Crippen LogP contribution in [0.5, 0.6) is 0 Å². The molecule has 1 fully saturated rings. The fraction of sp³-hybridized carbons (Fsp3) is 0.162. The van der Waals surface area contributed by atoms with E-state index in [4.69, 9.17) is 26.5 Å². The first kappa shape index (κ1) is 34.4. The quantitative estimate of drug-likeness (QED) is 0.0497. The molecule has 1 aliphatic rings. The highest BCUT2D eigenvalue weighted by Gasteiger charge is 2.57. The van der Waals surface area contributed by atoms with Crippen LogP contribution >= 0.6 is 19.5 Å². The number of β-lactam (4-membered cyclic amide) rings is 1. The fourth-order valence-corrected chi connectivity index (χ4v) is 11.1. The van der Waals surface area contributed by atoms with Crippen molar-refractivity contribution < 1.29 is 33.2 Å². The van der Waals surface area contributed by atoms with Gasteiger partial charge in [-0.3, -0.25) is 24.6 Å². The minimum atomic E-state index is -3.24. The van der Waals surface area contributed by atoms with Gasteiger partial charge in [-0.2, -0.15) is 12.6 Å². The third-order valence-corrected chi connectivity index (χ3v) is 13.1. The van der Waals surface area contributed by atoms with Crippen molar-refractivity contribution in [2.75, 3.05) is 0 Å². The van der Waals surface area contributed by atoms with Gasteiger partial charge in [-0.25, -0.2) is 9.78 Å². The zero-order valence-corrected chi connectivity index (χ0v) is 28.8. The highest BCUT2D eigenvalue weighted by atomic mass is 32.1. The SMILES string of the molecule is CC(=O)OC(c1coc(C)n1)C1C(=O)N(C(C(=O)OCc2ccc([N+](=O)[O-])cc2)=P(c2ccccc2)(c2ccccc2)c2ccccc2)C1S. The van der Waals surface area contributed by atoms with E-state index in [1.807, 2.05) is 91.0 Å². The average Bonchev–Trinajstić information content (AvgIpc) is 3.57. The van der Waals surface area contributed by atoms with Crippen molar-refractivity contribution in [3.8, 4) is 0 Å². The van der Waals surface area contributed by atoms with E-state index in [0.717, 1.165) is 15.9 Å². The summed E-state index contributed by atoms with van der Waals surface area (Å²) in [6, 6.07) is 34.1. The first-order valence-corrected chi connectivity index (χ1v) is 17.9. The second-order valence-electron chi connectivity index (χ2n) is 11.5. The van der Waals surface area contributed by atoms with Crippen molar-refractivity contribution in [3.63, 3.8) is 0 Å². The lowest BCUT2D eigenvalue weighted by Crippen LogP contribution is -2.65. The van der Waals surface area contributed by atoms with Crippen molar-refractivity contribution in [3.05, 3.63) is 149 Å². The van der Waals surface area contributed by atoms with Crippen LogP contribution < -0.4 is 15.9 Å². The number of carbonyl (C=O) groups excluding carboxylic acids is 3. The Labute approximate surface area is 293 Å². The third kappa shape index (κ3) is 6.47. The van der Waals surface area contributed by atoms with Gasteiger partial charge in [0.05, 0.1) is 10.3 Å². The zero-order valence-electron chi connectivity index (χ0n) is 27.0. The number of non-ortho nitro benzene ring substituents is 1. The summed E-state index contributed by atoms with van der Waals surface area (Å²) in [5.41, 5.74) is 0.724. The van der Waals surface area contributed by atoms with Crippen LogP contribution in [0.4, 0.5) is 5.69 Å². The first-order valence-electron chi connectivity index (χ1n) is 15.6. The Bertz CT molecular complexity index is 1990. The largest absolute Gasteiger partial charge is 0.456 e. The Balaban J connectivity index is 1.58. The number of amides is 1. The molecule has 0 N–H and O–H groups in total. The summed E-state index contributed by atoms with van der Waals surface area (Å²) in [4.78, 5) is 58.1. The van der Waals surface area contributed by atoms with Gasteiger partial charge >= 0.3 is 11.9 Å². The van der Waals surface area contributed by atoms with Gasteiger partial charge in [0.1, 0.15) is 29.9 Å². The van der Waals surface area contributed by atoms with Crippen LogP contribution in [0.1, 0.15) is 30.2 Å². The molecular weight excluding hydrogens is 677 g/mol. The van der Waals surface area contributed by atoms with Gasteiger partial charge in [0.2, 0.25) is 5.91 Å². The number of nitro groups is 1. The van der Waals surface area contributed by atoms with Gasteiger partial charge < -0.3 is 13.9 Å². The molecule has 0 spiro atoms. The molecule has 1 amide bonds. The van der Waals surface area contributed by atoms with Gasteiger partial charge in [-0.05, 0) is 33.6 Å². The molecule has 0 radical (unpaired) electrons. The molecule has 1 saturated heterocycles. The van der Waals surface area contributed by atoms with E-state index in [1.54, 1.807) is 6.92 Å². The van der Waals surface area contributed by atoms with Crippen molar-refractivity contribution in [1.82, 2.24) is 9.88 Å². The number of nitro benzene ring substituents is 1. The molecule has 0 aliphatic carbocycles. The zero-order chi connectivity index (χ0) is 35.4. The van der Waals surface area contributed by atoms with E-state index >= 15 is 0 Å². The van der Waals surface area contributed by atoms with E-state index in [2.05, 4.69) is 4.98 Å².